The molecule has 0 saturated heterocycles. The van der Waals surface area contributed by atoms with Gasteiger partial charge in [0, 0.05) is 0 Å². The van der Waals surface area contributed by atoms with Crippen LogP contribution in [0.15, 0.2) is 0 Å². The van der Waals surface area contributed by atoms with E-state index < -0.39 is 18.2 Å². The molecule has 0 aromatic heterocycles. The Bertz CT molecular complexity index is 242. The van der Waals surface area contributed by atoms with Crippen molar-refractivity contribution >= 4 is 18.2 Å². The highest BCUT2D eigenvalue weighted by molar-refractivity contribution is 5.90. The van der Waals surface area contributed by atoms with E-state index in [0.29, 0.717) is 0 Å². The van der Waals surface area contributed by atoms with Gasteiger partial charge in [-0.3, -0.25) is 0 Å². The number of rotatable bonds is 0. The van der Waals surface area contributed by atoms with Crippen LogP contribution < -0.4 is 16.7 Å². The maximum atomic E-state index is 10.9. The van der Waals surface area contributed by atoms with E-state index >= 15 is 0 Å². The average Bonchev–Trinajstić information content (AvgIpc) is 2.22. The van der Waals surface area contributed by atoms with Crippen molar-refractivity contribution in [3.8, 4) is 0 Å². The van der Waals surface area contributed by atoms with E-state index in [1.165, 1.54) is 0 Å². The van der Waals surface area contributed by atoms with E-state index in [1.807, 2.05) is 0 Å². The van der Waals surface area contributed by atoms with Crippen LogP contribution >= 0.6 is 0 Å². The summed E-state index contributed by atoms with van der Waals surface area (Å²) in [6.07, 6.45) is -1.98. The molecule has 0 fully saturated rings. The molecule has 0 aliphatic heterocycles. The predicted molar refractivity (Wildman–Crippen MR) is 42.5 cm³/mol. The smallest absolute Gasteiger partial charge is 0.432 e. The highest BCUT2D eigenvalue weighted by Gasteiger charge is 2.18. The zero-order valence-electron chi connectivity index (χ0n) is 7.57. The summed E-state index contributed by atoms with van der Waals surface area (Å²) in [5.41, 5.74) is 3.59. The molecule has 0 atom stereocenters. The quantitative estimate of drug-likeness (QED) is 0.263. The summed E-state index contributed by atoms with van der Waals surface area (Å²) < 4.78 is 8.25. The number of carbonyl (C=O) groups excluding carboxylic acids is 3. The molecule has 0 heterocycles. The summed E-state index contributed by atoms with van der Waals surface area (Å²) in [4.78, 5) is 32.0. The molecule has 0 spiro atoms. The van der Waals surface area contributed by atoms with Gasteiger partial charge >= 0.3 is 18.2 Å². The monoisotopic (exact) mass is 206 g/mol. The second-order valence-electron chi connectivity index (χ2n) is 1.89. The van der Waals surface area contributed by atoms with Crippen LogP contribution in [-0.2, 0) is 9.47 Å². The highest BCUT2D eigenvalue weighted by atomic mass is 16.6. The topological polar surface area (TPSA) is 123 Å². The van der Waals surface area contributed by atoms with Crippen LogP contribution in [0, 0.1) is 0 Å². The highest BCUT2D eigenvalue weighted by Crippen LogP contribution is 1.84. The third-order valence-electron chi connectivity index (χ3n) is 1.05. The number of methoxy groups -OCH3 is 2. The van der Waals surface area contributed by atoms with Gasteiger partial charge in [0.15, 0.2) is 0 Å². The Kier molecular flexibility index (Phi) is 4.78. The van der Waals surface area contributed by atoms with Crippen molar-refractivity contribution in [2.75, 3.05) is 14.2 Å². The Morgan fingerprint density at radius 1 is 1.14 bits per heavy atom. The number of imide groups is 1. The zero-order chi connectivity index (χ0) is 11.1. The van der Waals surface area contributed by atoms with Crippen molar-refractivity contribution in [3.63, 3.8) is 0 Å². The van der Waals surface area contributed by atoms with Gasteiger partial charge in [-0.1, -0.05) is 0 Å². The fourth-order valence-corrected chi connectivity index (χ4v) is 0.397. The minimum atomic E-state index is -1.07. The molecule has 0 saturated carbocycles. The third-order valence-corrected chi connectivity index (χ3v) is 1.05. The Balaban J connectivity index is 3.96. The molecule has 9 nitrogen and oxygen atoms in total. The van der Waals surface area contributed by atoms with E-state index in [4.69, 9.17) is 5.84 Å². The number of carbonyl (C=O) groups is 3. The number of hydrogen-bond acceptors (Lipinski definition) is 6. The van der Waals surface area contributed by atoms with Gasteiger partial charge in [0.2, 0.25) is 0 Å². The minimum absolute atomic E-state index is 0.135. The van der Waals surface area contributed by atoms with Crippen molar-refractivity contribution in [2.45, 2.75) is 0 Å². The third kappa shape index (κ3) is 3.58. The summed E-state index contributed by atoms with van der Waals surface area (Å²) in [5, 5.41) is 0.135. The van der Waals surface area contributed by atoms with Crippen LogP contribution in [0.5, 0.6) is 0 Å². The second kappa shape index (κ2) is 5.59. The lowest BCUT2D eigenvalue weighted by molar-refractivity contribution is 0.126. The van der Waals surface area contributed by atoms with E-state index in [1.54, 1.807) is 10.9 Å². The molecule has 0 radical (unpaired) electrons. The molecule has 0 aromatic carbocycles. The number of amides is 4. The van der Waals surface area contributed by atoms with Crippen LogP contribution in [-0.4, -0.2) is 37.4 Å². The lowest BCUT2D eigenvalue weighted by Crippen LogP contribution is -2.53. The molecule has 4 N–H and O–H groups in total. The van der Waals surface area contributed by atoms with Gasteiger partial charge in [0.1, 0.15) is 0 Å². The summed E-state index contributed by atoms with van der Waals surface area (Å²) in [7, 11) is 2.14. The molecule has 0 unspecified atom stereocenters. The zero-order valence-corrected chi connectivity index (χ0v) is 7.57. The predicted octanol–water partition coefficient (Wildman–Crippen LogP) is -1.09. The molecule has 0 rings (SSSR count). The van der Waals surface area contributed by atoms with Crippen molar-refractivity contribution in [3.05, 3.63) is 0 Å². The van der Waals surface area contributed by atoms with Gasteiger partial charge in [0.05, 0.1) is 14.2 Å². The van der Waals surface area contributed by atoms with Gasteiger partial charge in [-0.05, 0) is 0 Å². The molecule has 80 valence electrons. The fourth-order valence-electron chi connectivity index (χ4n) is 0.397. The van der Waals surface area contributed by atoms with Gasteiger partial charge in [0.25, 0.3) is 0 Å². The molecule has 0 aliphatic rings. The van der Waals surface area contributed by atoms with E-state index in [9.17, 15) is 14.4 Å². The van der Waals surface area contributed by atoms with Gasteiger partial charge in [-0.2, -0.15) is 5.01 Å². The standard InChI is InChI=1S/C5H10N4O5/c1-13-4(11)8-7-3(10)9(6)5(12)14-2/h6H2,1-2H3,(H,7,10)(H,8,11). The lowest BCUT2D eigenvalue weighted by Gasteiger charge is -2.13. The Hall–Kier alpha value is -2.03. The normalized spacial score (nSPS) is 8.50. The number of ether oxygens (including phenoxy) is 2. The molecule has 14 heavy (non-hydrogen) atoms. The number of hydrazine groups is 2. The minimum Gasteiger partial charge on any atom is -0.452 e. The summed E-state index contributed by atoms with van der Waals surface area (Å²) in [6.45, 7) is 0. The SMILES string of the molecule is COC(=O)NNC(=O)N(N)C(=O)OC. The first-order valence-corrected chi connectivity index (χ1v) is 3.29. The van der Waals surface area contributed by atoms with Crippen LogP contribution in [0.4, 0.5) is 14.4 Å². The molecule has 0 aromatic rings. The van der Waals surface area contributed by atoms with Crippen LogP contribution in [0.1, 0.15) is 0 Å². The van der Waals surface area contributed by atoms with E-state index in [2.05, 4.69) is 9.47 Å². The molecular weight excluding hydrogens is 196 g/mol. The first-order chi connectivity index (χ1) is 6.52. The van der Waals surface area contributed by atoms with Crippen LogP contribution in [0.3, 0.4) is 0 Å². The number of nitrogens with zero attached hydrogens (tertiary/aromatic N) is 1. The molecule has 4 amide bonds. The van der Waals surface area contributed by atoms with Gasteiger partial charge in [-0.15, -0.1) is 0 Å². The Labute approximate surface area is 79.1 Å². The number of nitrogens with two attached hydrogens (primary N) is 1. The maximum absolute atomic E-state index is 10.9. The van der Waals surface area contributed by atoms with Crippen LogP contribution in [0.25, 0.3) is 0 Å². The van der Waals surface area contributed by atoms with E-state index in [0.717, 1.165) is 14.2 Å². The van der Waals surface area contributed by atoms with Crippen molar-refractivity contribution < 1.29 is 23.9 Å². The van der Waals surface area contributed by atoms with Crippen molar-refractivity contribution in [1.82, 2.24) is 15.9 Å². The number of urea groups is 1. The Morgan fingerprint density at radius 3 is 2.14 bits per heavy atom. The first kappa shape index (κ1) is 12.0. The number of nitrogens with one attached hydrogen (secondary N) is 2. The molecule has 0 aliphatic carbocycles. The fraction of sp³-hybridized carbons (Fsp3) is 0.400. The summed E-state index contributed by atoms with van der Waals surface area (Å²) in [5.74, 6) is 4.95. The van der Waals surface area contributed by atoms with Gasteiger partial charge < -0.3 is 9.47 Å². The lowest BCUT2D eigenvalue weighted by atomic mass is 10.9. The molecular formula is C5H10N4O5. The van der Waals surface area contributed by atoms with Crippen LogP contribution in [0.2, 0.25) is 0 Å². The summed E-state index contributed by atoms with van der Waals surface area (Å²) in [6, 6.07) is -1.07. The van der Waals surface area contributed by atoms with Crippen molar-refractivity contribution in [1.29, 1.82) is 0 Å². The maximum Gasteiger partial charge on any atom is 0.432 e. The molecule has 9 heteroatoms. The van der Waals surface area contributed by atoms with Gasteiger partial charge in [-0.25, -0.2) is 31.1 Å². The van der Waals surface area contributed by atoms with Crippen molar-refractivity contribution in [2.24, 2.45) is 5.84 Å². The summed E-state index contributed by atoms with van der Waals surface area (Å²) >= 11 is 0. The first-order valence-electron chi connectivity index (χ1n) is 3.29. The molecule has 0 bridgehead atoms. The van der Waals surface area contributed by atoms with E-state index in [-0.39, 0.29) is 5.01 Å². The number of hydrogen-bond donors (Lipinski definition) is 3. The Morgan fingerprint density at radius 2 is 1.71 bits per heavy atom. The average molecular weight is 206 g/mol. The largest absolute Gasteiger partial charge is 0.452 e. The second-order valence-corrected chi connectivity index (χ2v) is 1.89.